The number of hydrogen-bond donors (Lipinski definition) is 0. The summed E-state index contributed by atoms with van der Waals surface area (Å²) in [6.07, 6.45) is 0. The Morgan fingerprint density at radius 2 is 2.00 bits per heavy atom. The number of halogens is 2. The maximum absolute atomic E-state index is 14.8. The van der Waals surface area contributed by atoms with Crippen LogP contribution in [0, 0.1) is 5.82 Å². The standard InChI is InChI=1S/C19H18ClFN2O2/c1-12-11-25-19(14-5-3-4-6-16(14)21)15-9-13(20)7-8-17(15)22(2)18(24)10-23(12)19/h3-9,12H,10-11H2,1-2H3. The van der Waals surface area contributed by atoms with Crippen LogP contribution in [0.3, 0.4) is 0 Å². The molecule has 6 heteroatoms. The second kappa shape index (κ2) is 5.80. The fourth-order valence-corrected chi connectivity index (χ4v) is 3.97. The van der Waals surface area contributed by atoms with E-state index in [4.69, 9.17) is 16.3 Å². The Labute approximate surface area is 150 Å². The molecule has 0 spiro atoms. The van der Waals surface area contributed by atoms with E-state index < -0.39 is 5.72 Å². The topological polar surface area (TPSA) is 32.8 Å². The van der Waals surface area contributed by atoms with E-state index in [-0.39, 0.29) is 24.3 Å². The van der Waals surface area contributed by atoms with Crippen molar-refractivity contribution in [2.24, 2.45) is 0 Å². The predicted octanol–water partition coefficient (Wildman–Crippen LogP) is 3.38. The Morgan fingerprint density at radius 3 is 2.76 bits per heavy atom. The first-order valence-corrected chi connectivity index (χ1v) is 8.55. The van der Waals surface area contributed by atoms with Gasteiger partial charge in [0, 0.05) is 29.2 Å². The van der Waals surface area contributed by atoms with Gasteiger partial charge >= 0.3 is 0 Å². The van der Waals surface area contributed by atoms with Gasteiger partial charge < -0.3 is 9.64 Å². The molecule has 1 amide bonds. The lowest BCUT2D eigenvalue weighted by atomic mass is 9.91. The van der Waals surface area contributed by atoms with Gasteiger partial charge in [-0.3, -0.25) is 9.69 Å². The third-order valence-electron chi connectivity index (χ3n) is 5.07. The predicted molar refractivity (Wildman–Crippen MR) is 94.2 cm³/mol. The van der Waals surface area contributed by atoms with Gasteiger partial charge in [-0.1, -0.05) is 29.8 Å². The normalized spacial score (nSPS) is 26.3. The molecular weight excluding hydrogens is 343 g/mol. The highest BCUT2D eigenvalue weighted by molar-refractivity contribution is 6.30. The summed E-state index contributed by atoms with van der Waals surface area (Å²) in [6, 6.07) is 11.8. The molecule has 0 aromatic heterocycles. The van der Waals surface area contributed by atoms with Crippen LogP contribution in [-0.4, -0.2) is 37.0 Å². The molecule has 130 valence electrons. The number of ether oxygens (including phenoxy) is 1. The Hall–Kier alpha value is -1.95. The number of anilines is 1. The van der Waals surface area contributed by atoms with Gasteiger partial charge in [0.1, 0.15) is 5.82 Å². The molecule has 1 saturated heterocycles. The number of hydrogen-bond acceptors (Lipinski definition) is 3. The highest BCUT2D eigenvalue weighted by atomic mass is 35.5. The molecule has 0 radical (unpaired) electrons. The second-order valence-electron chi connectivity index (χ2n) is 6.53. The molecule has 0 aliphatic carbocycles. The van der Waals surface area contributed by atoms with Crippen molar-refractivity contribution in [1.82, 2.24) is 4.90 Å². The fourth-order valence-electron chi connectivity index (χ4n) is 3.80. The van der Waals surface area contributed by atoms with Crippen molar-refractivity contribution in [2.75, 3.05) is 25.1 Å². The van der Waals surface area contributed by atoms with Gasteiger partial charge in [-0.15, -0.1) is 0 Å². The van der Waals surface area contributed by atoms with E-state index in [0.29, 0.717) is 28.4 Å². The Kier molecular flexibility index (Phi) is 3.83. The Balaban J connectivity index is 2.08. The number of nitrogens with zero attached hydrogens (tertiary/aromatic N) is 2. The van der Waals surface area contributed by atoms with Crippen LogP contribution >= 0.6 is 11.6 Å². The number of amides is 1. The maximum atomic E-state index is 14.8. The largest absolute Gasteiger partial charge is 0.350 e. The first-order chi connectivity index (χ1) is 11.9. The van der Waals surface area contributed by atoms with Crippen LogP contribution in [0.5, 0.6) is 0 Å². The van der Waals surface area contributed by atoms with Gasteiger partial charge in [-0.25, -0.2) is 4.39 Å². The van der Waals surface area contributed by atoms with Gasteiger partial charge in [0.15, 0.2) is 5.72 Å². The molecule has 25 heavy (non-hydrogen) atoms. The zero-order chi connectivity index (χ0) is 17.8. The van der Waals surface area contributed by atoms with E-state index in [0.717, 1.165) is 0 Å². The fraction of sp³-hybridized carbons (Fsp3) is 0.316. The van der Waals surface area contributed by atoms with E-state index in [1.165, 1.54) is 6.07 Å². The van der Waals surface area contributed by atoms with Crippen LogP contribution < -0.4 is 4.90 Å². The van der Waals surface area contributed by atoms with Gasteiger partial charge in [0.25, 0.3) is 0 Å². The Bertz CT molecular complexity index is 859. The van der Waals surface area contributed by atoms with Crippen LogP contribution in [0.2, 0.25) is 5.02 Å². The lowest BCUT2D eigenvalue weighted by molar-refractivity contribution is -0.123. The van der Waals surface area contributed by atoms with Crippen LogP contribution in [0.1, 0.15) is 18.1 Å². The van der Waals surface area contributed by atoms with E-state index in [1.807, 2.05) is 11.8 Å². The van der Waals surface area contributed by atoms with Gasteiger partial charge in [-0.05, 0) is 31.2 Å². The van der Waals surface area contributed by atoms with Gasteiger partial charge in [-0.2, -0.15) is 0 Å². The van der Waals surface area contributed by atoms with Crippen molar-refractivity contribution in [3.8, 4) is 0 Å². The van der Waals surface area contributed by atoms with Crippen molar-refractivity contribution in [3.05, 3.63) is 64.4 Å². The number of rotatable bonds is 1. The summed E-state index contributed by atoms with van der Waals surface area (Å²) in [5.41, 5.74) is 0.578. The summed E-state index contributed by atoms with van der Waals surface area (Å²) in [5.74, 6) is -0.441. The molecule has 2 aromatic carbocycles. The quantitative estimate of drug-likeness (QED) is 0.781. The molecule has 2 atom stereocenters. The first-order valence-electron chi connectivity index (χ1n) is 8.17. The zero-order valence-corrected chi connectivity index (χ0v) is 14.8. The summed E-state index contributed by atoms with van der Waals surface area (Å²) in [4.78, 5) is 16.2. The number of fused-ring (bicyclic) bond motifs is 3. The zero-order valence-electron chi connectivity index (χ0n) is 14.0. The SMILES string of the molecule is CC1COC2(c3ccccc3F)c3cc(Cl)ccc3N(C)C(=O)CN12. The third kappa shape index (κ3) is 2.30. The van der Waals surface area contributed by atoms with E-state index >= 15 is 0 Å². The highest BCUT2D eigenvalue weighted by Crippen LogP contribution is 2.49. The van der Waals surface area contributed by atoms with E-state index in [9.17, 15) is 9.18 Å². The molecule has 2 heterocycles. The molecule has 0 bridgehead atoms. The van der Waals surface area contributed by atoms with Crippen molar-refractivity contribution in [2.45, 2.75) is 18.7 Å². The monoisotopic (exact) mass is 360 g/mol. The number of benzene rings is 2. The molecular formula is C19H18ClFN2O2. The minimum absolute atomic E-state index is 0.0399. The minimum Gasteiger partial charge on any atom is -0.350 e. The number of carbonyl (C=O) groups is 1. The third-order valence-corrected chi connectivity index (χ3v) is 5.31. The number of carbonyl (C=O) groups excluding carboxylic acids is 1. The molecule has 1 fully saturated rings. The molecule has 2 aliphatic rings. The van der Waals surface area contributed by atoms with Gasteiger partial charge in [0.2, 0.25) is 5.91 Å². The number of likely N-dealkylation sites (N-methyl/N-ethyl adjacent to an activating group) is 1. The summed E-state index contributed by atoms with van der Waals surface area (Å²) in [7, 11) is 1.72. The molecule has 0 N–H and O–H groups in total. The summed E-state index contributed by atoms with van der Waals surface area (Å²) >= 11 is 6.26. The van der Waals surface area contributed by atoms with Crippen LogP contribution in [-0.2, 0) is 15.3 Å². The first kappa shape index (κ1) is 16.5. The smallest absolute Gasteiger partial charge is 0.241 e. The molecule has 4 rings (SSSR count). The molecule has 2 aliphatic heterocycles. The van der Waals surface area contributed by atoms with E-state index in [1.54, 1.807) is 48.3 Å². The van der Waals surface area contributed by atoms with Crippen LogP contribution in [0.4, 0.5) is 10.1 Å². The van der Waals surface area contributed by atoms with E-state index in [2.05, 4.69) is 0 Å². The summed E-state index contributed by atoms with van der Waals surface area (Å²) in [6.45, 7) is 2.51. The Morgan fingerprint density at radius 1 is 1.24 bits per heavy atom. The maximum Gasteiger partial charge on any atom is 0.241 e. The lowest BCUT2D eigenvalue weighted by Crippen LogP contribution is -2.48. The molecule has 2 aromatic rings. The molecule has 0 saturated carbocycles. The highest BCUT2D eigenvalue weighted by Gasteiger charge is 2.54. The van der Waals surface area contributed by atoms with Crippen LogP contribution in [0.15, 0.2) is 42.5 Å². The van der Waals surface area contributed by atoms with Crippen molar-refractivity contribution < 1.29 is 13.9 Å². The average molecular weight is 361 g/mol. The van der Waals surface area contributed by atoms with Crippen molar-refractivity contribution >= 4 is 23.2 Å². The minimum atomic E-state index is -1.18. The van der Waals surface area contributed by atoms with Crippen LogP contribution in [0.25, 0.3) is 0 Å². The average Bonchev–Trinajstić information content (AvgIpc) is 2.88. The molecule has 4 nitrogen and oxygen atoms in total. The summed E-state index contributed by atoms with van der Waals surface area (Å²) < 4.78 is 21.0. The van der Waals surface area contributed by atoms with Crippen molar-refractivity contribution in [1.29, 1.82) is 0 Å². The van der Waals surface area contributed by atoms with Gasteiger partial charge in [0.05, 0.1) is 18.8 Å². The molecule has 2 unspecified atom stereocenters. The lowest BCUT2D eigenvalue weighted by Gasteiger charge is -2.38. The summed E-state index contributed by atoms with van der Waals surface area (Å²) in [5, 5.41) is 0.514. The second-order valence-corrected chi connectivity index (χ2v) is 6.96. The van der Waals surface area contributed by atoms with Crippen molar-refractivity contribution in [3.63, 3.8) is 0 Å².